The van der Waals surface area contributed by atoms with Crippen LogP contribution in [0.1, 0.15) is 29.3 Å². The third-order valence-corrected chi connectivity index (χ3v) is 5.64. The molecule has 2 unspecified atom stereocenters. The van der Waals surface area contributed by atoms with Crippen molar-refractivity contribution in [2.24, 2.45) is 5.92 Å². The van der Waals surface area contributed by atoms with Crippen molar-refractivity contribution >= 4 is 17.3 Å². The van der Waals surface area contributed by atoms with E-state index in [1.807, 2.05) is 29.6 Å². The minimum Gasteiger partial charge on any atom is -0.496 e. The van der Waals surface area contributed by atoms with E-state index < -0.39 is 5.97 Å². The number of carbonyl (C=O) groups is 1. The highest BCUT2D eigenvalue weighted by molar-refractivity contribution is 7.10. The molecule has 1 aromatic carbocycles. The SMILES string of the molecule is COc1cccc(OC)c1C(c1cccs1)N1CCCC(C(=O)O)C1. The summed E-state index contributed by atoms with van der Waals surface area (Å²) in [5.41, 5.74) is 0.959. The van der Waals surface area contributed by atoms with Gasteiger partial charge in [-0.1, -0.05) is 12.1 Å². The lowest BCUT2D eigenvalue weighted by Gasteiger charge is -2.37. The van der Waals surface area contributed by atoms with Crippen molar-refractivity contribution in [3.63, 3.8) is 0 Å². The van der Waals surface area contributed by atoms with E-state index in [0.717, 1.165) is 41.3 Å². The summed E-state index contributed by atoms with van der Waals surface area (Å²) in [5, 5.41) is 11.5. The second-order valence-electron chi connectivity index (χ2n) is 6.17. The fraction of sp³-hybridized carbons (Fsp3) is 0.421. The van der Waals surface area contributed by atoms with E-state index in [0.29, 0.717) is 6.54 Å². The molecule has 1 saturated heterocycles. The van der Waals surface area contributed by atoms with Crippen molar-refractivity contribution in [2.45, 2.75) is 18.9 Å². The average molecular weight is 361 g/mol. The maximum Gasteiger partial charge on any atom is 0.307 e. The van der Waals surface area contributed by atoms with Gasteiger partial charge in [-0.05, 0) is 43.0 Å². The molecule has 0 spiro atoms. The Balaban J connectivity index is 2.07. The molecule has 6 heteroatoms. The van der Waals surface area contributed by atoms with E-state index in [1.165, 1.54) is 0 Å². The highest BCUT2D eigenvalue weighted by atomic mass is 32.1. The van der Waals surface area contributed by atoms with Crippen LogP contribution in [0.25, 0.3) is 0 Å². The van der Waals surface area contributed by atoms with Gasteiger partial charge in [0.2, 0.25) is 0 Å². The number of methoxy groups -OCH3 is 2. The van der Waals surface area contributed by atoms with Crippen LogP contribution in [0.5, 0.6) is 11.5 Å². The number of carboxylic acid groups (broad SMARTS) is 1. The smallest absolute Gasteiger partial charge is 0.307 e. The summed E-state index contributed by atoms with van der Waals surface area (Å²) in [6.07, 6.45) is 1.60. The summed E-state index contributed by atoms with van der Waals surface area (Å²) in [6.45, 7) is 1.38. The molecule has 0 bridgehead atoms. The van der Waals surface area contributed by atoms with Crippen LogP contribution in [-0.4, -0.2) is 43.3 Å². The Morgan fingerprint density at radius 1 is 1.24 bits per heavy atom. The molecule has 0 saturated carbocycles. The van der Waals surface area contributed by atoms with Gasteiger partial charge >= 0.3 is 5.97 Å². The first-order valence-corrected chi connectivity index (χ1v) is 9.24. The van der Waals surface area contributed by atoms with Gasteiger partial charge in [0.25, 0.3) is 0 Å². The Morgan fingerprint density at radius 2 is 1.96 bits per heavy atom. The van der Waals surface area contributed by atoms with Crippen molar-refractivity contribution in [2.75, 3.05) is 27.3 Å². The number of rotatable bonds is 6. The molecule has 0 aliphatic carbocycles. The molecule has 2 aromatic rings. The third-order valence-electron chi connectivity index (χ3n) is 4.72. The second-order valence-corrected chi connectivity index (χ2v) is 7.15. The molecule has 1 aliphatic heterocycles. The number of hydrogen-bond acceptors (Lipinski definition) is 5. The van der Waals surface area contributed by atoms with E-state index in [2.05, 4.69) is 11.0 Å². The first-order chi connectivity index (χ1) is 12.2. The maximum absolute atomic E-state index is 11.5. The largest absolute Gasteiger partial charge is 0.496 e. The minimum atomic E-state index is -0.721. The first-order valence-electron chi connectivity index (χ1n) is 8.36. The van der Waals surface area contributed by atoms with Crippen LogP contribution in [0.15, 0.2) is 35.7 Å². The van der Waals surface area contributed by atoms with Gasteiger partial charge in [0, 0.05) is 11.4 Å². The van der Waals surface area contributed by atoms with Crippen LogP contribution in [0.2, 0.25) is 0 Å². The molecule has 2 heterocycles. The fourth-order valence-corrected chi connectivity index (χ4v) is 4.41. The summed E-state index contributed by atoms with van der Waals surface area (Å²) in [7, 11) is 3.31. The summed E-state index contributed by atoms with van der Waals surface area (Å²) in [5.74, 6) is 0.462. The van der Waals surface area contributed by atoms with Crippen LogP contribution in [0.4, 0.5) is 0 Å². The normalized spacial score (nSPS) is 19.4. The van der Waals surface area contributed by atoms with Crippen LogP contribution in [0.3, 0.4) is 0 Å². The predicted octanol–water partition coefficient (Wildman–Crippen LogP) is 3.65. The maximum atomic E-state index is 11.5. The quantitative estimate of drug-likeness (QED) is 0.851. The summed E-state index contributed by atoms with van der Waals surface area (Å²) in [6, 6.07) is 9.80. The average Bonchev–Trinajstić information content (AvgIpc) is 3.16. The molecule has 2 atom stereocenters. The number of nitrogens with zero attached hydrogens (tertiary/aromatic N) is 1. The second kappa shape index (κ2) is 7.89. The molecule has 1 aromatic heterocycles. The van der Waals surface area contributed by atoms with Crippen molar-refractivity contribution in [1.82, 2.24) is 4.90 Å². The van der Waals surface area contributed by atoms with E-state index in [9.17, 15) is 9.90 Å². The Bertz CT molecular complexity index is 694. The van der Waals surface area contributed by atoms with Gasteiger partial charge in [0.15, 0.2) is 0 Å². The van der Waals surface area contributed by atoms with Crippen LogP contribution in [-0.2, 0) is 4.79 Å². The molecule has 1 aliphatic rings. The van der Waals surface area contributed by atoms with Crippen molar-refractivity contribution < 1.29 is 19.4 Å². The van der Waals surface area contributed by atoms with Gasteiger partial charge < -0.3 is 14.6 Å². The molecular formula is C19H23NO4S. The van der Waals surface area contributed by atoms with Crippen molar-refractivity contribution in [3.05, 3.63) is 46.2 Å². The molecule has 5 nitrogen and oxygen atoms in total. The highest BCUT2D eigenvalue weighted by Crippen LogP contribution is 2.43. The van der Waals surface area contributed by atoms with Crippen LogP contribution < -0.4 is 9.47 Å². The van der Waals surface area contributed by atoms with E-state index >= 15 is 0 Å². The molecule has 1 fully saturated rings. The minimum absolute atomic E-state index is 0.0757. The number of thiophene rings is 1. The molecule has 25 heavy (non-hydrogen) atoms. The first kappa shape index (κ1) is 17.8. The lowest BCUT2D eigenvalue weighted by atomic mass is 9.93. The van der Waals surface area contributed by atoms with Gasteiger partial charge in [-0.2, -0.15) is 0 Å². The lowest BCUT2D eigenvalue weighted by Crippen LogP contribution is -2.41. The topological polar surface area (TPSA) is 59.0 Å². The van der Waals surface area contributed by atoms with E-state index in [1.54, 1.807) is 25.6 Å². The number of ether oxygens (including phenoxy) is 2. The summed E-state index contributed by atoms with van der Waals surface area (Å²) in [4.78, 5) is 14.9. The number of carboxylic acids is 1. The summed E-state index contributed by atoms with van der Waals surface area (Å²) >= 11 is 1.67. The molecular weight excluding hydrogens is 338 g/mol. The molecule has 0 radical (unpaired) electrons. The van der Waals surface area contributed by atoms with Gasteiger partial charge in [-0.15, -0.1) is 11.3 Å². The zero-order valence-corrected chi connectivity index (χ0v) is 15.3. The third kappa shape index (κ3) is 3.65. The Morgan fingerprint density at radius 3 is 2.52 bits per heavy atom. The van der Waals surface area contributed by atoms with Crippen LogP contribution in [0, 0.1) is 5.92 Å². The zero-order chi connectivity index (χ0) is 17.8. The van der Waals surface area contributed by atoms with E-state index in [-0.39, 0.29) is 12.0 Å². The van der Waals surface area contributed by atoms with Gasteiger partial charge in [0.05, 0.1) is 31.7 Å². The number of piperidine rings is 1. The Kier molecular flexibility index (Phi) is 5.60. The van der Waals surface area contributed by atoms with Gasteiger partial charge in [-0.25, -0.2) is 0 Å². The monoisotopic (exact) mass is 361 g/mol. The number of hydrogen-bond donors (Lipinski definition) is 1. The zero-order valence-electron chi connectivity index (χ0n) is 14.5. The predicted molar refractivity (Wildman–Crippen MR) is 97.6 cm³/mol. The van der Waals surface area contributed by atoms with Gasteiger partial charge in [-0.3, -0.25) is 9.69 Å². The fourth-order valence-electron chi connectivity index (χ4n) is 3.54. The van der Waals surface area contributed by atoms with Crippen LogP contribution >= 0.6 is 11.3 Å². The van der Waals surface area contributed by atoms with E-state index in [4.69, 9.17) is 9.47 Å². The number of benzene rings is 1. The Hall–Kier alpha value is -2.05. The van der Waals surface area contributed by atoms with Crippen molar-refractivity contribution in [3.8, 4) is 11.5 Å². The number of aliphatic carboxylic acids is 1. The standard InChI is InChI=1S/C19H23NO4S/c1-23-14-7-3-8-15(24-2)17(14)18(16-9-5-11-25-16)20-10-4-6-13(12-20)19(21)22/h3,5,7-9,11,13,18H,4,6,10,12H2,1-2H3,(H,21,22). The Labute approximate surface area is 151 Å². The molecule has 0 amide bonds. The molecule has 1 N–H and O–H groups in total. The number of likely N-dealkylation sites (tertiary alicyclic amines) is 1. The van der Waals surface area contributed by atoms with Crippen molar-refractivity contribution in [1.29, 1.82) is 0 Å². The lowest BCUT2D eigenvalue weighted by molar-refractivity contribution is -0.143. The van der Waals surface area contributed by atoms with Gasteiger partial charge in [0.1, 0.15) is 11.5 Å². The molecule has 134 valence electrons. The molecule has 3 rings (SSSR count). The highest BCUT2D eigenvalue weighted by Gasteiger charge is 2.34. The summed E-state index contributed by atoms with van der Waals surface area (Å²) < 4.78 is 11.2.